The van der Waals surface area contributed by atoms with Gasteiger partial charge in [-0.25, -0.2) is 14.8 Å². The largest absolute Gasteiger partial charge is 0.489 e. The first kappa shape index (κ1) is 23.1. The Balaban J connectivity index is 1.29. The number of piperidine rings is 1. The first-order valence-corrected chi connectivity index (χ1v) is 11.6. The summed E-state index contributed by atoms with van der Waals surface area (Å²) < 4.78 is 6.16. The average Bonchev–Trinajstić information content (AvgIpc) is 2.82. The topological polar surface area (TPSA) is 99.1 Å². The molecule has 4 rings (SSSR count). The van der Waals surface area contributed by atoms with Crippen LogP contribution in [0.1, 0.15) is 30.9 Å². The Hall–Kier alpha value is -3.07. The number of aromatic nitrogens is 2. The Bertz CT molecular complexity index is 995. The van der Waals surface area contributed by atoms with Gasteiger partial charge in [0.25, 0.3) is 0 Å². The molecule has 9 nitrogen and oxygen atoms in total. The van der Waals surface area contributed by atoms with E-state index in [0.717, 1.165) is 54.3 Å². The van der Waals surface area contributed by atoms with Crippen molar-refractivity contribution in [2.75, 3.05) is 37.6 Å². The maximum absolute atomic E-state index is 12.2. The van der Waals surface area contributed by atoms with Crippen LogP contribution in [0.4, 0.5) is 10.7 Å². The molecule has 0 radical (unpaired) electrons. The van der Waals surface area contributed by atoms with Gasteiger partial charge in [0, 0.05) is 58.0 Å². The third kappa shape index (κ3) is 5.65. The van der Waals surface area contributed by atoms with Gasteiger partial charge in [-0.15, -0.1) is 0 Å². The molecule has 1 aromatic carbocycles. The predicted molar refractivity (Wildman–Crippen MR) is 124 cm³/mol. The van der Waals surface area contributed by atoms with Crippen LogP contribution in [0.5, 0.6) is 5.75 Å². The molecule has 2 aliphatic heterocycles. The Labute approximate surface area is 197 Å². The maximum Gasteiger partial charge on any atom is 0.407 e. The maximum atomic E-state index is 12.2. The fourth-order valence-corrected chi connectivity index (χ4v) is 4.29. The zero-order valence-corrected chi connectivity index (χ0v) is 19.4. The first-order chi connectivity index (χ1) is 15.9. The van der Waals surface area contributed by atoms with E-state index >= 15 is 0 Å². The van der Waals surface area contributed by atoms with Crippen molar-refractivity contribution in [3.05, 3.63) is 46.7 Å². The van der Waals surface area contributed by atoms with E-state index in [0.29, 0.717) is 30.4 Å². The van der Waals surface area contributed by atoms with E-state index in [1.165, 1.54) is 0 Å². The van der Waals surface area contributed by atoms with Crippen LogP contribution in [0.15, 0.2) is 30.6 Å². The van der Waals surface area contributed by atoms with Gasteiger partial charge >= 0.3 is 6.09 Å². The van der Waals surface area contributed by atoms with Crippen molar-refractivity contribution in [2.24, 2.45) is 0 Å². The number of halogens is 1. The Morgan fingerprint density at radius 2 is 1.88 bits per heavy atom. The molecule has 2 amide bonds. The van der Waals surface area contributed by atoms with E-state index < -0.39 is 6.09 Å². The van der Waals surface area contributed by atoms with Gasteiger partial charge in [-0.2, -0.15) is 0 Å². The van der Waals surface area contributed by atoms with E-state index in [1.54, 1.807) is 4.90 Å². The van der Waals surface area contributed by atoms with Crippen LogP contribution in [0.25, 0.3) is 0 Å². The second-order valence-electron chi connectivity index (χ2n) is 8.33. The van der Waals surface area contributed by atoms with Crippen LogP contribution in [0.3, 0.4) is 0 Å². The number of benzene rings is 1. The minimum atomic E-state index is -1.07. The standard InChI is InChI=1S/C23H28ClN5O4/c1-2-16-12-25-22(26-13-16)27-7-5-18(6-8-27)33-20-4-3-17(11-19(20)24)14-28-9-10-29(23(31)32)15-21(28)30/h3-4,11-13,18H,2,5-10,14-15H2,1H3,(H,31,32). The van der Waals surface area contributed by atoms with Crippen LogP contribution in [0, 0.1) is 0 Å². The lowest BCUT2D eigenvalue weighted by molar-refractivity contribution is -0.135. The van der Waals surface area contributed by atoms with E-state index in [1.807, 2.05) is 30.6 Å². The van der Waals surface area contributed by atoms with Crippen molar-refractivity contribution in [1.29, 1.82) is 0 Å². The molecule has 2 fully saturated rings. The number of nitrogens with zero attached hydrogens (tertiary/aromatic N) is 5. The number of anilines is 1. The molecule has 1 aromatic heterocycles. The summed E-state index contributed by atoms with van der Waals surface area (Å²) in [5.41, 5.74) is 2.01. The highest BCUT2D eigenvalue weighted by Gasteiger charge is 2.27. The van der Waals surface area contributed by atoms with E-state index in [-0.39, 0.29) is 18.6 Å². The summed E-state index contributed by atoms with van der Waals surface area (Å²) in [4.78, 5) is 37.2. The summed E-state index contributed by atoms with van der Waals surface area (Å²) in [5, 5.41) is 9.55. The zero-order valence-electron chi connectivity index (χ0n) is 18.6. The molecule has 0 bridgehead atoms. The van der Waals surface area contributed by atoms with Gasteiger partial charge in [0.05, 0.1) is 5.02 Å². The highest BCUT2D eigenvalue weighted by atomic mass is 35.5. The van der Waals surface area contributed by atoms with Gasteiger partial charge in [-0.05, 0) is 29.7 Å². The minimum absolute atomic E-state index is 0.0604. The first-order valence-electron chi connectivity index (χ1n) is 11.2. The van der Waals surface area contributed by atoms with Crippen LogP contribution < -0.4 is 9.64 Å². The molecular formula is C23H28ClN5O4. The predicted octanol–water partition coefficient (Wildman–Crippen LogP) is 3.06. The number of amides is 2. The lowest BCUT2D eigenvalue weighted by atomic mass is 10.1. The minimum Gasteiger partial charge on any atom is -0.489 e. The molecule has 3 heterocycles. The number of hydrogen-bond acceptors (Lipinski definition) is 6. The van der Waals surface area contributed by atoms with Gasteiger partial charge in [-0.3, -0.25) is 9.69 Å². The van der Waals surface area contributed by atoms with Crippen molar-refractivity contribution in [1.82, 2.24) is 19.8 Å². The van der Waals surface area contributed by atoms with E-state index in [2.05, 4.69) is 21.8 Å². The summed E-state index contributed by atoms with van der Waals surface area (Å²) in [6.07, 6.45) is 5.37. The molecule has 33 heavy (non-hydrogen) atoms. The molecule has 0 aliphatic carbocycles. The summed E-state index contributed by atoms with van der Waals surface area (Å²) >= 11 is 6.48. The Morgan fingerprint density at radius 3 is 2.48 bits per heavy atom. The summed E-state index contributed by atoms with van der Waals surface area (Å²) in [5.74, 6) is 1.18. The van der Waals surface area contributed by atoms with E-state index in [9.17, 15) is 9.59 Å². The number of ether oxygens (including phenoxy) is 1. The Kier molecular flexibility index (Phi) is 7.17. The van der Waals surface area contributed by atoms with Crippen molar-refractivity contribution in [3.8, 4) is 5.75 Å². The molecule has 2 aliphatic rings. The number of carbonyl (C=O) groups is 2. The lowest BCUT2D eigenvalue weighted by Gasteiger charge is -2.33. The lowest BCUT2D eigenvalue weighted by Crippen LogP contribution is -2.51. The normalized spacial score (nSPS) is 17.4. The monoisotopic (exact) mass is 473 g/mol. The number of piperazine rings is 1. The summed E-state index contributed by atoms with van der Waals surface area (Å²) in [6, 6.07) is 5.55. The molecular weight excluding hydrogens is 446 g/mol. The number of hydrogen-bond donors (Lipinski definition) is 1. The summed E-state index contributed by atoms with van der Waals surface area (Å²) in [7, 11) is 0. The molecule has 0 unspecified atom stereocenters. The van der Waals surface area contributed by atoms with Gasteiger partial charge in [-0.1, -0.05) is 24.6 Å². The fraction of sp³-hybridized carbons (Fsp3) is 0.478. The quantitative estimate of drug-likeness (QED) is 0.688. The average molecular weight is 474 g/mol. The highest BCUT2D eigenvalue weighted by molar-refractivity contribution is 6.32. The molecule has 0 spiro atoms. The zero-order chi connectivity index (χ0) is 23.4. The fourth-order valence-electron chi connectivity index (χ4n) is 4.04. The van der Waals surface area contributed by atoms with Crippen LogP contribution in [-0.2, 0) is 17.8 Å². The van der Waals surface area contributed by atoms with Crippen molar-refractivity contribution in [3.63, 3.8) is 0 Å². The van der Waals surface area contributed by atoms with E-state index in [4.69, 9.17) is 21.4 Å². The van der Waals surface area contributed by atoms with Crippen LogP contribution in [0.2, 0.25) is 5.02 Å². The third-order valence-corrected chi connectivity index (χ3v) is 6.37. The molecule has 176 valence electrons. The summed E-state index contributed by atoms with van der Waals surface area (Å²) in [6.45, 7) is 4.67. The number of carboxylic acid groups (broad SMARTS) is 1. The number of aryl methyl sites for hydroxylation is 1. The number of carbonyl (C=O) groups excluding carboxylic acids is 1. The molecule has 1 N–H and O–H groups in total. The molecule has 0 saturated carbocycles. The van der Waals surface area contributed by atoms with Gasteiger partial charge in [0.2, 0.25) is 11.9 Å². The van der Waals surface area contributed by atoms with Crippen LogP contribution >= 0.6 is 11.6 Å². The van der Waals surface area contributed by atoms with Crippen molar-refractivity contribution < 1.29 is 19.4 Å². The Morgan fingerprint density at radius 1 is 1.15 bits per heavy atom. The van der Waals surface area contributed by atoms with Gasteiger partial charge in [0.15, 0.2) is 0 Å². The molecule has 2 aromatic rings. The molecule has 10 heteroatoms. The van der Waals surface area contributed by atoms with Crippen molar-refractivity contribution >= 4 is 29.5 Å². The molecule has 0 atom stereocenters. The van der Waals surface area contributed by atoms with Gasteiger partial charge < -0.3 is 19.6 Å². The van der Waals surface area contributed by atoms with Crippen LogP contribution in [-0.4, -0.2) is 75.7 Å². The smallest absolute Gasteiger partial charge is 0.407 e. The second kappa shape index (κ2) is 10.2. The third-order valence-electron chi connectivity index (χ3n) is 6.08. The second-order valence-corrected chi connectivity index (χ2v) is 8.74. The SMILES string of the molecule is CCc1cnc(N2CCC(Oc3ccc(CN4CCN(C(=O)O)CC4=O)cc3Cl)CC2)nc1. The molecule has 2 saturated heterocycles. The number of rotatable bonds is 6. The highest BCUT2D eigenvalue weighted by Crippen LogP contribution is 2.29. The van der Waals surface area contributed by atoms with Gasteiger partial charge in [0.1, 0.15) is 18.4 Å². The van der Waals surface area contributed by atoms with Crippen molar-refractivity contribution in [2.45, 2.75) is 38.8 Å².